The number of azo groups is 1. The molecule has 0 unspecified atom stereocenters. The predicted molar refractivity (Wildman–Crippen MR) is 144 cm³/mol. The van der Waals surface area contributed by atoms with Gasteiger partial charge in [-0.3, -0.25) is 0 Å². The summed E-state index contributed by atoms with van der Waals surface area (Å²) < 4.78 is 38.7. The van der Waals surface area contributed by atoms with E-state index < -0.39 is 21.9 Å². The van der Waals surface area contributed by atoms with Crippen LogP contribution >= 0.6 is 0 Å². The van der Waals surface area contributed by atoms with Crippen LogP contribution in [0.25, 0.3) is 0 Å². The van der Waals surface area contributed by atoms with E-state index in [0.29, 0.717) is 29.9 Å². The van der Waals surface area contributed by atoms with E-state index in [1.54, 1.807) is 50.1 Å². The maximum Gasteiger partial charge on any atom is 0.316 e. The summed E-state index contributed by atoms with van der Waals surface area (Å²) in [6.45, 7) is 6.14. The van der Waals surface area contributed by atoms with Crippen LogP contribution in [0, 0.1) is 13.0 Å². The van der Waals surface area contributed by atoms with Gasteiger partial charge in [-0.1, -0.05) is 13.8 Å². The van der Waals surface area contributed by atoms with Gasteiger partial charge in [-0.2, -0.15) is 24.5 Å². The molecule has 0 radical (unpaired) electrons. The van der Waals surface area contributed by atoms with E-state index in [1.165, 1.54) is 12.1 Å². The van der Waals surface area contributed by atoms with E-state index in [4.69, 9.17) is 5.73 Å². The van der Waals surface area contributed by atoms with Crippen LogP contribution in [-0.2, 0) is 9.84 Å². The highest BCUT2D eigenvalue weighted by Crippen LogP contribution is 2.32. The number of halogens is 1. The molecule has 0 spiro atoms. The van der Waals surface area contributed by atoms with Crippen molar-refractivity contribution < 1.29 is 17.6 Å². The average Bonchev–Trinajstić information content (AvgIpc) is 2.83. The Kier molecular flexibility index (Phi) is 9.23. The van der Waals surface area contributed by atoms with Crippen LogP contribution in [0.2, 0.25) is 0 Å². The van der Waals surface area contributed by atoms with E-state index in [2.05, 4.69) is 35.8 Å². The number of primary amides is 1. The van der Waals surface area contributed by atoms with Gasteiger partial charge >= 0.3 is 12.1 Å². The number of hydrogen-bond acceptors (Lipinski definition) is 10. The molecule has 3 rings (SSSR count). The number of rotatable bonds is 11. The zero-order valence-corrected chi connectivity index (χ0v) is 22.4. The van der Waals surface area contributed by atoms with Crippen molar-refractivity contribution in [2.75, 3.05) is 34.9 Å². The molecular formula is C24H30FN9O3S. The van der Waals surface area contributed by atoms with Crippen molar-refractivity contribution in [2.24, 2.45) is 16.0 Å². The molecule has 0 aliphatic heterocycles. The van der Waals surface area contributed by atoms with Crippen LogP contribution in [0.1, 0.15) is 32.3 Å². The average molecular weight is 544 g/mol. The monoisotopic (exact) mass is 543 g/mol. The first kappa shape index (κ1) is 28.4. The number of aryl methyl sites for hydroxylation is 1. The van der Waals surface area contributed by atoms with Crippen LogP contribution in [-0.4, -0.2) is 48.7 Å². The third-order valence-electron chi connectivity index (χ3n) is 5.27. The molecular weight excluding hydrogens is 513 g/mol. The molecule has 0 atom stereocenters. The first-order valence-corrected chi connectivity index (χ1v) is 13.5. The zero-order valence-electron chi connectivity index (χ0n) is 21.6. The van der Waals surface area contributed by atoms with Crippen LogP contribution in [0.5, 0.6) is 0 Å². The molecule has 0 aliphatic carbocycles. The zero-order chi connectivity index (χ0) is 27.9. The molecule has 3 aromatic rings. The summed E-state index contributed by atoms with van der Waals surface area (Å²) in [6.07, 6.45) is 0.403. The SMILES string of the molecule is CCCN(C)c1nc(F)nc(Nc2ccc(N=Nc3ccc(S(=O)(=O)CCC)cc3C)c(NC(N)=O)c2)n1. The standard InChI is InChI=1S/C24H30FN9O3S/c1-5-11-34(4)24-30-21(25)29-23(31-24)27-16-7-9-19(20(14-16)28-22(26)35)33-32-18-10-8-17(13-15(18)3)38(36,37)12-6-2/h7-10,13-14H,5-6,11-12H2,1-4H3,(H3,26,28,35)(H,27,29,30,31). The van der Waals surface area contributed by atoms with Gasteiger partial charge in [-0.25, -0.2) is 13.2 Å². The van der Waals surface area contributed by atoms with Gasteiger partial charge in [-0.05, 0) is 61.7 Å². The number of benzene rings is 2. The van der Waals surface area contributed by atoms with Gasteiger partial charge < -0.3 is 21.3 Å². The van der Waals surface area contributed by atoms with Gasteiger partial charge in [0.25, 0.3) is 0 Å². The molecule has 202 valence electrons. The first-order valence-electron chi connectivity index (χ1n) is 11.9. The third kappa shape index (κ3) is 7.41. The van der Waals surface area contributed by atoms with Crippen LogP contribution in [0.4, 0.5) is 43.8 Å². The number of hydrogen-bond donors (Lipinski definition) is 3. The summed E-state index contributed by atoms with van der Waals surface area (Å²) in [4.78, 5) is 25.2. The fourth-order valence-electron chi connectivity index (χ4n) is 3.49. The Hall–Kier alpha value is -4.20. The van der Waals surface area contributed by atoms with Crippen molar-refractivity contribution in [3.63, 3.8) is 0 Å². The molecule has 2 amide bonds. The fourth-order valence-corrected chi connectivity index (χ4v) is 4.90. The van der Waals surface area contributed by atoms with Gasteiger partial charge in [0.15, 0.2) is 9.84 Å². The van der Waals surface area contributed by atoms with E-state index >= 15 is 0 Å². The molecule has 1 aromatic heterocycles. The Morgan fingerprint density at radius 3 is 2.42 bits per heavy atom. The van der Waals surface area contributed by atoms with Crippen molar-refractivity contribution in [1.29, 1.82) is 0 Å². The summed E-state index contributed by atoms with van der Waals surface area (Å²) in [5.74, 6) is 0.208. The van der Waals surface area contributed by atoms with Crippen LogP contribution in [0.15, 0.2) is 51.5 Å². The second-order valence-electron chi connectivity index (χ2n) is 8.46. The molecule has 0 aliphatic rings. The first-order chi connectivity index (χ1) is 18.0. The molecule has 14 heteroatoms. The largest absolute Gasteiger partial charge is 0.351 e. The lowest BCUT2D eigenvalue weighted by atomic mass is 10.2. The smallest absolute Gasteiger partial charge is 0.316 e. The molecule has 1 heterocycles. The normalized spacial score (nSPS) is 11.5. The Bertz CT molecular complexity index is 1450. The highest BCUT2D eigenvalue weighted by atomic mass is 32.2. The fraction of sp³-hybridized carbons (Fsp3) is 0.333. The van der Waals surface area contributed by atoms with Crippen molar-refractivity contribution >= 4 is 50.5 Å². The van der Waals surface area contributed by atoms with Crippen molar-refractivity contribution in [1.82, 2.24) is 15.0 Å². The molecule has 2 aromatic carbocycles. The number of nitrogens with zero attached hydrogens (tertiary/aromatic N) is 6. The summed E-state index contributed by atoms with van der Waals surface area (Å²) >= 11 is 0. The van der Waals surface area contributed by atoms with Crippen LogP contribution in [0.3, 0.4) is 0 Å². The molecule has 4 N–H and O–H groups in total. The lowest BCUT2D eigenvalue weighted by Crippen LogP contribution is -2.22. The maximum atomic E-state index is 14.0. The van der Waals surface area contributed by atoms with Crippen molar-refractivity contribution in [3.8, 4) is 0 Å². The van der Waals surface area contributed by atoms with Crippen molar-refractivity contribution in [3.05, 3.63) is 48.0 Å². The highest BCUT2D eigenvalue weighted by molar-refractivity contribution is 7.91. The van der Waals surface area contributed by atoms with E-state index in [9.17, 15) is 17.6 Å². The molecule has 12 nitrogen and oxygen atoms in total. The third-order valence-corrected chi connectivity index (χ3v) is 7.19. The lowest BCUT2D eigenvalue weighted by Gasteiger charge is -2.16. The summed E-state index contributed by atoms with van der Waals surface area (Å²) in [7, 11) is -1.62. The summed E-state index contributed by atoms with van der Waals surface area (Å²) in [5, 5.41) is 13.8. The van der Waals surface area contributed by atoms with Crippen LogP contribution < -0.4 is 21.3 Å². The topological polar surface area (TPSA) is 168 Å². The number of amides is 2. The van der Waals surface area contributed by atoms with Gasteiger partial charge in [-0.15, -0.1) is 5.11 Å². The van der Waals surface area contributed by atoms with Gasteiger partial charge in [0.1, 0.15) is 5.69 Å². The predicted octanol–water partition coefficient (Wildman–Crippen LogP) is 5.00. The van der Waals surface area contributed by atoms with Gasteiger partial charge in [0.2, 0.25) is 11.9 Å². The lowest BCUT2D eigenvalue weighted by molar-refractivity contribution is 0.259. The minimum Gasteiger partial charge on any atom is -0.351 e. The summed E-state index contributed by atoms with van der Waals surface area (Å²) in [6, 6.07) is 8.48. The number of anilines is 4. The number of carbonyl (C=O) groups excluding carboxylic acids is 1. The summed E-state index contributed by atoms with van der Waals surface area (Å²) in [5.41, 5.74) is 7.32. The number of nitrogens with one attached hydrogen (secondary N) is 2. The van der Waals surface area contributed by atoms with Gasteiger partial charge in [0, 0.05) is 19.3 Å². The number of urea groups is 1. The molecule has 0 bridgehead atoms. The minimum absolute atomic E-state index is 0.0244. The van der Waals surface area contributed by atoms with E-state index in [-0.39, 0.29) is 33.9 Å². The number of aromatic nitrogens is 3. The number of sulfone groups is 1. The Morgan fingerprint density at radius 1 is 1.05 bits per heavy atom. The minimum atomic E-state index is -3.36. The Labute approximate surface area is 220 Å². The number of carbonyl (C=O) groups is 1. The Balaban J connectivity index is 1.88. The highest BCUT2D eigenvalue weighted by Gasteiger charge is 2.15. The molecule has 0 saturated carbocycles. The van der Waals surface area contributed by atoms with E-state index in [0.717, 1.165) is 6.42 Å². The second kappa shape index (κ2) is 12.4. The van der Waals surface area contributed by atoms with Gasteiger partial charge in [0.05, 0.1) is 22.0 Å². The molecule has 38 heavy (non-hydrogen) atoms. The number of nitrogens with two attached hydrogens (primary N) is 1. The molecule has 0 saturated heterocycles. The van der Waals surface area contributed by atoms with E-state index in [1.807, 2.05) is 6.92 Å². The molecule has 0 fully saturated rings. The second-order valence-corrected chi connectivity index (χ2v) is 10.6. The quantitative estimate of drug-likeness (QED) is 0.284. The Morgan fingerprint density at radius 2 is 1.76 bits per heavy atom. The maximum absolute atomic E-state index is 14.0. The van der Waals surface area contributed by atoms with Crippen molar-refractivity contribution in [2.45, 2.75) is 38.5 Å².